The molecule has 0 aromatic carbocycles. The molecule has 0 bridgehead atoms. The predicted octanol–water partition coefficient (Wildman–Crippen LogP) is -2.38. The van der Waals surface area contributed by atoms with Gasteiger partial charge in [-0.05, 0) is 13.8 Å². The van der Waals surface area contributed by atoms with Gasteiger partial charge in [-0.2, -0.15) is 8.42 Å². The zero-order chi connectivity index (χ0) is 27.0. The molecule has 3 amide bonds. The lowest BCUT2D eigenvalue weighted by atomic mass is 9.97. The summed E-state index contributed by atoms with van der Waals surface area (Å²) in [7, 11) is -5.06. The van der Waals surface area contributed by atoms with Gasteiger partial charge in [0.2, 0.25) is 5.60 Å². The van der Waals surface area contributed by atoms with Crippen LogP contribution in [-0.4, -0.2) is 110 Å². The quantitative estimate of drug-likeness (QED) is 0.0884. The highest BCUT2D eigenvalue weighted by atomic mass is 32.2. The number of nitrogens with zero attached hydrogens (tertiary/aromatic N) is 4. The van der Waals surface area contributed by atoms with Gasteiger partial charge < -0.3 is 35.7 Å². The number of hydrogen-bond donors (Lipinski definition) is 5. The van der Waals surface area contributed by atoms with Gasteiger partial charge >= 0.3 is 22.4 Å². The number of oxime groups is 1. The van der Waals surface area contributed by atoms with Gasteiger partial charge in [0, 0.05) is 11.9 Å². The van der Waals surface area contributed by atoms with E-state index in [4.69, 9.17) is 15.3 Å². The predicted molar refractivity (Wildman–Crippen MR) is 119 cm³/mol. The largest absolute Gasteiger partial charge is 0.478 e. The van der Waals surface area contributed by atoms with E-state index in [0.717, 1.165) is 30.1 Å². The Balaban J connectivity index is 1.86. The van der Waals surface area contributed by atoms with Crippen LogP contribution in [0.3, 0.4) is 0 Å². The van der Waals surface area contributed by atoms with Gasteiger partial charge in [-0.15, -0.1) is 11.3 Å². The molecule has 36 heavy (non-hydrogen) atoms. The van der Waals surface area contributed by atoms with E-state index in [1.165, 1.54) is 5.38 Å². The van der Waals surface area contributed by atoms with E-state index >= 15 is 0 Å². The maximum absolute atomic E-state index is 13.0. The molecule has 198 valence electrons. The summed E-state index contributed by atoms with van der Waals surface area (Å²) in [5.74, 6) is -3.73. The molecule has 6 N–H and O–H groups in total. The Morgan fingerprint density at radius 1 is 1.42 bits per heavy atom. The normalized spacial score (nSPS) is 22.8. The van der Waals surface area contributed by atoms with E-state index in [2.05, 4.69) is 15.5 Å². The molecule has 19 heteroatoms. The van der Waals surface area contributed by atoms with Crippen molar-refractivity contribution in [3.05, 3.63) is 11.1 Å². The van der Waals surface area contributed by atoms with E-state index in [1.807, 2.05) is 0 Å². The number of nitrogens with one attached hydrogen (secondary N) is 1. The minimum atomic E-state index is -5.06. The number of nitrogen functional groups attached to an aromatic ring is 1. The molecular formula is C17H22N6O11S2. The summed E-state index contributed by atoms with van der Waals surface area (Å²) in [6.45, 7) is 1.20. The van der Waals surface area contributed by atoms with Crippen molar-refractivity contribution in [3.8, 4) is 0 Å². The number of cyclic esters (lactones) is 1. The van der Waals surface area contributed by atoms with Gasteiger partial charge in [-0.25, -0.2) is 18.9 Å². The smallest absolute Gasteiger partial charge is 0.410 e. The number of carbonyl (C=O) groups excluding carboxylic acids is 3. The Hall–Kier alpha value is -3.55. The number of aromatic nitrogens is 1. The van der Waals surface area contributed by atoms with E-state index in [-0.39, 0.29) is 21.7 Å². The molecule has 2 aliphatic heterocycles. The Bertz CT molecular complexity index is 1210. The van der Waals surface area contributed by atoms with Gasteiger partial charge in [-0.3, -0.25) is 14.1 Å². The first-order valence-corrected chi connectivity index (χ1v) is 12.3. The number of rotatable bonds is 10. The van der Waals surface area contributed by atoms with Crippen molar-refractivity contribution in [2.45, 2.75) is 37.6 Å². The maximum Gasteiger partial charge on any atom is 0.410 e. The van der Waals surface area contributed by atoms with Crippen LogP contribution in [0.15, 0.2) is 10.5 Å². The SMILES string of the molecule is CC(C)(O/N=C(/C(=O)N[C@@H]1C(=O)N(S(=O)(=O)O)[C@@H]1CN1C[C@H](CO)OC1=O)c1csc(N)n1)C(=O)O. The monoisotopic (exact) mass is 550 g/mol. The number of aliphatic hydroxyl groups is 1. The molecule has 2 aliphatic rings. The Labute approximate surface area is 207 Å². The van der Waals surface area contributed by atoms with Gasteiger partial charge in [0.15, 0.2) is 10.8 Å². The van der Waals surface area contributed by atoms with Crippen molar-refractivity contribution in [2.24, 2.45) is 5.16 Å². The molecule has 3 heterocycles. The molecule has 3 rings (SSSR count). The first-order chi connectivity index (χ1) is 16.7. The topological polar surface area (TPSA) is 251 Å². The minimum Gasteiger partial charge on any atom is -0.478 e. The van der Waals surface area contributed by atoms with Gasteiger partial charge in [0.1, 0.15) is 17.8 Å². The van der Waals surface area contributed by atoms with Crippen LogP contribution in [0.2, 0.25) is 0 Å². The molecule has 0 unspecified atom stereocenters. The van der Waals surface area contributed by atoms with Crippen molar-refractivity contribution >= 4 is 56.4 Å². The third-order valence-electron chi connectivity index (χ3n) is 5.13. The lowest BCUT2D eigenvalue weighted by Crippen LogP contribution is -2.74. The molecule has 1 aromatic heterocycles. The number of hydrogen-bond acceptors (Lipinski definition) is 13. The summed E-state index contributed by atoms with van der Waals surface area (Å²) in [4.78, 5) is 58.7. The summed E-state index contributed by atoms with van der Waals surface area (Å²) in [6, 6.07) is -3.01. The third-order valence-corrected chi connectivity index (χ3v) is 6.75. The van der Waals surface area contributed by atoms with Crippen LogP contribution < -0.4 is 11.1 Å². The number of nitrogens with two attached hydrogens (primary N) is 1. The van der Waals surface area contributed by atoms with Gasteiger partial charge in [0.25, 0.3) is 11.8 Å². The fraction of sp³-hybridized carbons (Fsp3) is 0.529. The molecule has 0 radical (unpaired) electrons. The molecule has 0 saturated carbocycles. The molecule has 0 spiro atoms. The van der Waals surface area contributed by atoms with E-state index in [9.17, 15) is 42.4 Å². The number of ether oxygens (including phenoxy) is 1. The average molecular weight is 551 g/mol. The second-order valence-electron chi connectivity index (χ2n) is 8.14. The van der Waals surface area contributed by atoms with Crippen LogP contribution in [0.4, 0.5) is 9.93 Å². The van der Waals surface area contributed by atoms with Crippen LogP contribution in [0.25, 0.3) is 0 Å². The van der Waals surface area contributed by atoms with Crippen molar-refractivity contribution in [2.75, 3.05) is 25.4 Å². The number of thiazole rings is 1. The summed E-state index contributed by atoms with van der Waals surface area (Å²) < 4.78 is 37.9. The molecule has 17 nitrogen and oxygen atoms in total. The first-order valence-electron chi connectivity index (χ1n) is 10.0. The zero-order valence-electron chi connectivity index (χ0n) is 18.7. The Kier molecular flexibility index (Phi) is 7.39. The van der Waals surface area contributed by atoms with Crippen LogP contribution in [0.5, 0.6) is 0 Å². The highest BCUT2D eigenvalue weighted by Crippen LogP contribution is 2.26. The molecule has 1 aromatic rings. The summed E-state index contributed by atoms with van der Waals surface area (Å²) in [6.07, 6.45) is -1.79. The molecule has 3 atom stereocenters. The minimum absolute atomic E-state index is 0.0316. The molecule has 2 saturated heterocycles. The van der Waals surface area contributed by atoms with Crippen LogP contribution >= 0.6 is 11.3 Å². The van der Waals surface area contributed by atoms with Gasteiger partial charge in [0.05, 0.1) is 19.2 Å². The number of amides is 3. The average Bonchev–Trinajstić information content (AvgIpc) is 3.35. The van der Waals surface area contributed by atoms with Crippen molar-refractivity contribution in [3.63, 3.8) is 0 Å². The standard InChI is InChI=1S/C17H22N6O11S2/c1-17(2,14(27)28)34-21-10(8-6-35-15(18)19-8)12(25)20-11-9(23(13(11)26)36(30,31)32)4-22-3-7(5-24)33-16(22)29/h6-7,9,11,24H,3-5H2,1-2H3,(H2,18,19)(H,20,25)(H,27,28)(H,30,31,32)/b21-10+/t7-,9-,11+/m1/s1. The summed E-state index contributed by atoms with van der Waals surface area (Å²) in [5, 5.41) is 25.5. The number of carboxylic acids is 1. The highest BCUT2D eigenvalue weighted by Gasteiger charge is 2.55. The van der Waals surface area contributed by atoms with E-state index in [0.29, 0.717) is 0 Å². The third kappa shape index (κ3) is 5.48. The molecular weight excluding hydrogens is 528 g/mol. The van der Waals surface area contributed by atoms with Gasteiger partial charge in [-0.1, -0.05) is 5.16 Å². The van der Waals surface area contributed by atoms with Crippen molar-refractivity contribution in [1.29, 1.82) is 0 Å². The second-order valence-corrected chi connectivity index (χ2v) is 10.3. The number of aliphatic hydroxyl groups excluding tert-OH is 1. The fourth-order valence-corrected chi connectivity index (χ4v) is 4.61. The number of aliphatic carboxylic acids is 1. The Morgan fingerprint density at radius 3 is 2.58 bits per heavy atom. The second kappa shape index (κ2) is 9.84. The lowest BCUT2D eigenvalue weighted by molar-refractivity contribution is -0.161. The van der Waals surface area contributed by atoms with Crippen molar-refractivity contribution < 1.29 is 51.9 Å². The number of carbonyl (C=O) groups is 4. The van der Waals surface area contributed by atoms with Crippen LogP contribution in [-0.2, 0) is 34.3 Å². The Morgan fingerprint density at radius 2 is 2.08 bits per heavy atom. The van der Waals surface area contributed by atoms with E-state index < -0.39 is 76.8 Å². The van der Waals surface area contributed by atoms with Crippen LogP contribution in [0.1, 0.15) is 19.5 Å². The number of anilines is 1. The molecule has 2 fully saturated rings. The summed E-state index contributed by atoms with van der Waals surface area (Å²) >= 11 is 0.925. The maximum atomic E-state index is 13.0. The van der Waals surface area contributed by atoms with Crippen LogP contribution in [0, 0.1) is 0 Å². The fourth-order valence-electron chi connectivity index (χ4n) is 3.19. The first kappa shape index (κ1) is 27.0. The lowest BCUT2D eigenvalue weighted by Gasteiger charge is -2.45. The number of β-lactam (4-membered cyclic amide) rings is 1. The zero-order valence-corrected chi connectivity index (χ0v) is 20.4. The molecule has 0 aliphatic carbocycles. The van der Waals surface area contributed by atoms with Crippen molar-refractivity contribution in [1.82, 2.24) is 19.5 Å². The van der Waals surface area contributed by atoms with E-state index in [1.54, 1.807) is 0 Å². The number of carboxylic acid groups (broad SMARTS) is 1. The summed E-state index contributed by atoms with van der Waals surface area (Å²) in [5.41, 5.74) is 3.03. The highest BCUT2D eigenvalue weighted by molar-refractivity contribution is 7.84.